The van der Waals surface area contributed by atoms with E-state index in [0.29, 0.717) is 32.5 Å². The normalized spacial score (nSPS) is 16.6. The van der Waals surface area contributed by atoms with Gasteiger partial charge in [-0.1, -0.05) is 30.3 Å². The van der Waals surface area contributed by atoms with Crippen LogP contribution in [0.15, 0.2) is 42.7 Å². The molecular weight excluding hydrogens is 400 g/mol. The molecule has 1 atom stereocenters. The molecule has 1 unspecified atom stereocenters. The van der Waals surface area contributed by atoms with Gasteiger partial charge in [-0.2, -0.15) is 0 Å². The number of anilines is 1. The minimum Gasteiger partial charge on any atom is -0.481 e. The quantitative estimate of drug-likeness (QED) is 0.652. The maximum Gasteiger partial charge on any atom is 0.308 e. The number of carboxylic acid groups (broad SMARTS) is 1. The van der Waals surface area contributed by atoms with Crippen molar-refractivity contribution >= 4 is 39.2 Å². The summed E-state index contributed by atoms with van der Waals surface area (Å²) in [6.45, 7) is 1.45. The summed E-state index contributed by atoms with van der Waals surface area (Å²) in [5.41, 5.74) is 1.14. The molecule has 3 heterocycles. The molecule has 1 aliphatic heterocycles. The number of aliphatic carboxylic acids is 1. The first-order valence-electron chi connectivity index (χ1n) is 10.0. The second kappa shape index (κ2) is 8.79. The number of rotatable bonds is 6. The van der Waals surface area contributed by atoms with Crippen LogP contribution in [0.1, 0.15) is 19.3 Å². The van der Waals surface area contributed by atoms with Crippen LogP contribution in [-0.4, -0.2) is 58.5 Å². The van der Waals surface area contributed by atoms with Gasteiger partial charge in [0, 0.05) is 38.0 Å². The Kier molecular flexibility index (Phi) is 5.94. The average molecular weight is 425 g/mol. The van der Waals surface area contributed by atoms with E-state index in [2.05, 4.69) is 28.2 Å². The summed E-state index contributed by atoms with van der Waals surface area (Å²) in [5, 5.41) is 10.2. The van der Waals surface area contributed by atoms with E-state index in [1.165, 1.54) is 0 Å². The first kappa shape index (κ1) is 20.3. The first-order chi connectivity index (χ1) is 14.5. The number of likely N-dealkylation sites (tertiary alicyclic amines) is 1. The third-order valence-corrected chi connectivity index (χ3v) is 6.60. The van der Waals surface area contributed by atoms with E-state index < -0.39 is 11.9 Å². The Morgan fingerprint density at radius 2 is 2.07 bits per heavy atom. The zero-order valence-electron chi connectivity index (χ0n) is 16.8. The highest BCUT2D eigenvalue weighted by Crippen LogP contribution is 2.35. The Hall–Kier alpha value is -3.00. The lowest BCUT2D eigenvalue weighted by atomic mass is 9.98. The van der Waals surface area contributed by atoms with Gasteiger partial charge in [0.1, 0.15) is 17.0 Å². The summed E-state index contributed by atoms with van der Waals surface area (Å²) in [5.74, 6) is -0.481. The van der Waals surface area contributed by atoms with Crippen molar-refractivity contribution in [3.63, 3.8) is 0 Å². The highest BCUT2D eigenvalue weighted by molar-refractivity contribution is 7.21. The lowest BCUT2D eigenvalue weighted by Gasteiger charge is -2.31. The number of nitrogens with zero attached hydrogens (tertiary/aromatic N) is 4. The van der Waals surface area contributed by atoms with Gasteiger partial charge in [0.05, 0.1) is 11.3 Å². The number of carboxylic acids is 1. The minimum absolute atomic E-state index is 0.00612. The molecule has 2 aromatic heterocycles. The molecule has 1 N–H and O–H groups in total. The number of hydrogen-bond donors (Lipinski definition) is 1. The minimum atomic E-state index is -0.820. The van der Waals surface area contributed by atoms with Gasteiger partial charge in [0.15, 0.2) is 0 Å². The zero-order valence-corrected chi connectivity index (χ0v) is 17.6. The number of carbonyl (C=O) groups is 2. The van der Waals surface area contributed by atoms with Crippen LogP contribution in [0.4, 0.5) is 5.82 Å². The smallest absolute Gasteiger partial charge is 0.308 e. The molecule has 8 heteroatoms. The number of hydrogen-bond acceptors (Lipinski definition) is 6. The molecule has 0 bridgehead atoms. The number of thiophene rings is 1. The summed E-state index contributed by atoms with van der Waals surface area (Å²) in [7, 11) is 1.92. The van der Waals surface area contributed by atoms with Crippen LogP contribution in [0, 0.1) is 5.92 Å². The zero-order chi connectivity index (χ0) is 21.1. The van der Waals surface area contributed by atoms with Crippen molar-refractivity contribution in [2.45, 2.75) is 19.3 Å². The molecule has 3 aromatic rings. The maximum atomic E-state index is 12.6. The number of aromatic nitrogens is 2. The van der Waals surface area contributed by atoms with E-state index >= 15 is 0 Å². The van der Waals surface area contributed by atoms with Crippen LogP contribution in [-0.2, 0) is 9.59 Å². The Morgan fingerprint density at radius 1 is 1.27 bits per heavy atom. The van der Waals surface area contributed by atoms with E-state index in [1.54, 1.807) is 22.6 Å². The molecule has 0 radical (unpaired) electrons. The molecule has 1 saturated heterocycles. The molecule has 4 rings (SSSR count). The molecular formula is C22H24N4O3S. The van der Waals surface area contributed by atoms with Crippen molar-refractivity contribution in [1.82, 2.24) is 14.9 Å². The molecule has 30 heavy (non-hydrogen) atoms. The highest BCUT2D eigenvalue weighted by Gasteiger charge is 2.28. The van der Waals surface area contributed by atoms with Gasteiger partial charge in [0.25, 0.3) is 0 Å². The van der Waals surface area contributed by atoms with Crippen LogP contribution in [0.2, 0.25) is 0 Å². The lowest BCUT2D eigenvalue weighted by Crippen LogP contribution is -2.43. The topological polar surface area (TPSA) is 86.6 Å². The van der Waals surface area contributed by atoms with Crippen molar-refractivity contribution in [2.24, 2.45) is 5.92 Å². The fourth-order valence-corrected chi connectivity index (χ4v) is 4.82. The predicted molar refractivity (Wildman–Crippen MR) is 118 cm³/mol. The Labute approximate surface area is 179 Å². The van der Waals surface area contributed by atoms with Gasteiger partial charge in [-0.25, -0.2) is 9.97 Å². The summed E-state index contributed by atoms with van der Waals surface area (Å²) in [6, 6.07) is 12.3. The van der Waals surface area contributed by atoms with E-state index in [1.807, 2.05) is 30.1 Å². The van der Waals surface area contributed by atoms with Crippen molar-refractivity contribution in [2.75, 3.05) is 31.6 Å². The maximum absolute atomic E-state index is 12.6. The lowest BCUT2D eigenvalue weighted by molar-refractivity contribution is -0.145. The number of piperidine rings is 1. The number of carbonyl (C=O) groups excluding carboxylic acids is 1. The molecule has 0 aliphatic carbocycles. The second-order valence-corrected chi connectivity index (χ2v) is 8.61. The van der Waals surface area contributed by atoms with E-state index in [-0.39, 0.29) is 5.91 Å². The van der Waals surface area contributed by atoms with Crippen LogP contribution in [0.5, 0.6) is 0 Å². The summed E-state index contributed by atoms with van der Waals surface area (Å²) in [4.78, 5) is 38.4. The van der Waals surface area contributed by atoms with E-state index in [0.717, 1.165) is 32.9 Å². The van der Waals surface area contributed by atoms with Gasteiger partial charge in [-0.15, -0.1) is 11.3 Å². The van der Waals surface area contributed by atoms with Gasteiger partial charge in [-0.05, 0) is 24.5 Å². The standard InChI is InChI=1S/C22H24N4O3S/c1-25(11-9-19(27)26-10-5-8-16(13-26)22(28)29)20-17-12-18(15-6-3-2-4-7-15)30-21(17)24-14-23-20/h2-4,6-7,12,14,16H,5,8-11,13H2,1H3,(H,28,29). The van der Waals surface area contributed by atoms with Gasteiger partial charge < -0.3 is 14.9 Å². The van der Waals surface area contributed by atoms with Crippen molar-refractivity contribution in [1.29, 1.82) is 0 Å². The van der Waals surface area contributed by atoms with Gasteiger partial charge >= 0.3 is 5.97 Å². The number of fused-ring (bicyclic) bond motifs is 1. The predicted octanol–water partition coefficient (Wildman–Crippen LogP) is 3.51. The second-order valence-electron chi connectivity index (χ2n) is 7.58. The fraction of sp³-hybridized carbons (Fsp3) is 0.364. The number of amides is 1. The third kappa shape index (κ3) is 4.28. The molecule has 156 valence electrons. The Morgan fingerprint density at radius 3 is 2.83 bits per heavy atom. The molecule has 1 aliphatic rings. The monoisotopic (exact) mass is 424 g/mol. The van der Waals surface area contributed by atoms with Gasteiger partial charge in [0.2, 0.25) is 5.91 Å². The highest BCUT2D eigenvalue weighted by atomic mass is 32.1. The fourth-order valence-electron chi connectivity index (χ4n) is 3.82. The van der Waals surface area contributed by atoms with Crippen molar-refractivity contribution in [3.8, 4) is 10.4 Å². The molecule has 0 saturated carbocycles. The SMILES string of the molecule is CN(CCC(=O)N1CCCC(C(=O)O)C1)c1ncnc2sc(-c3ccccc3)cc12. The largest absolute Gasteiger partial charge is 0.481 e. The molecule has 1 amide bonds. The summed E-state index contributed by atoms with van der Waals surface area (Å²) < 4.78 is 0. The summed E-state index contributed by atoms with van der Waals surface area (Å²) in [6.07, 6.45) is 3.26. The molecule has 7 nitrogen and oxygen atoms in total. The first-order valence-corrected chi connectivity index (χ1v) is 10.9. The van der Waals surface area contributed by atoms with Crippen LogP contribution < -0.4 is 4.90 Å². The van der Waals surface area contributed by atoms with Crippen LogP contribution >= 0.6 is 11.3 Å². The molecule has 1 aromatic carbocycles. The van der Waals surface area contributed by atoms with E-state index in [9.17, 15) is 14.7 Å². The third-order valence-electron chi connectivity index (χ3n) is 5.51. The van der Waals surface area contributed by atoms with Crippen LogP contribution in [0.3, 0.4) is 0 Å². The van der Waals surface area contributed by atoms with Crippen LogP contribution in [0.25, 0.3) is 20.7 Å². The Balaban J connectivity index is 1.46. The van der Waals surface area contributed by atoms with Gasteiger partial charge in [-0.3, -0.25) is 9.59 Å². The molecule has 1 fully saturated rings. The summed E-state index contributed by atoms with van der Waals surface area (Å²) >= 11 is 1.62. The average Bonchev–Trinajstić information content (AvgIpc) is 3.22. The van der Waals surface area contributed by atoms with E-state index in [4.69, 9.17) is 0 Å². The Bertz CT molecular complexity index is 1050. The van der Waals surface area contributed by atoms with Crippen molar-refractivity contribution in [3.05, 3.63) is 42.7 Å². The number of benzene rings is 1. The molecule has 0 spiro atoms. The van der Waals surface area contributed by atoms with Crippen molar-refractivity contribution < 1.29 is 14.7 Å².